The Morgan fingerprint density at radius 2 is 1.20 bits per heavy atom. The van der Waals surface area contributed by atoms with Gasteiger partial charge in [0.15, 0.2) is 0 Å². The van der Waals surface area contributed by atoms with Gasteiger partial charge in [0.05, 0.1) is 0 Å². The highest BCUT2D eigenvalue weighted by molar-refractivity contribution is 7.18. The van der Waals surface area contributed by atoms with Gasteiger partial charge in [-0.2, -0.15) is 0 Å². The summed E-state index contributed by atoms with van der Waals surface area (Å²) in [6.07, 6.45) is 0. The van der Waals surface area contributed by atoms with Crippen molar-refractivity contribution in [2.24, 2.45) is 0 Å². The van der Waals surface area contributed by atoms with E-state index in [1.165, 1.54) is 0 Å². The smallest absolute Gasteiger partial charge is 0.0170 e. The molecule has 0 bridgehead atoms. The maximum Gasteiger partial charge on any atom is -0.0170 e. The third kappa shape index (κ3) is 141. The molecule has 0 aliphatic heterocycles. The van der Waals surface area contributed by atoms with Crippen molar-refractivity contribution in [3.05, 3.63) is 0 Å². The highest BCUT2D eigenvalue weighted by atomic mass is 31.0. The van der Waals surface area contributed by atoms with E-state index in [0.717, 1.165) is 0 Å². The maximum atomic E-state index is 3.42. The lowest BCUT2D eigenvalue weighted by molar-refractivity contribution is 0.804. The Kier molecular flexibility index (Phi) is 1.37. The van der Waals surface area contributed by atoms with Crippen LogP contribution in [0, 0.1) is 0 Å². The summed E-state index contributed by atoms with van der Waals surface area (Å²) < 4.78 is 0. The lowest BCUT2D eigenvalue weighted by Crippen LogP contribution is -1.97. The predicted octanol–water partition coefficient (Wildman–Crippen LogP) is 1.93. The lowest BCUT2D eigenvalue weighted by Gasteiger charge is -2.04. The molecule has 31 valence electrons. The second-order valence-electron chi connectivity index (χ2n) is 2.25. The van der Waals surface area contributed by atoms with Crippen LogP contribution < -0.4 is 0 Å². The quantitative estimate of drug-likeness (QED) is 0.398. The molecular formula is C4H10P. The van der Waals surface area contributed by atoms with Gasteiger partial charge in [0.25, 0.3) is 0 Å². The van der Waals surface area contributed by atoms with Crippen LogP contribution in [-0.2, 0) is 0 Å². The molecule has 5 heavy (non-hydrogen) atoms. The second-order valence-corrected chi connectivity index (χ2v) is 3.75. The molecule has 0 atom stereocenters. The normalized spacial score (nSPS) is 12.0. The van der Waals surface area contributed by atoms with Crippen LogP contribution in [0.1, 0.15) is 20.8 Å². The predicted molar refractivity (Wildman–Crippen MR) is 28.1 cm³/mol. The molecule has 0 spiro atoms. The van der Waals surface area contributed by atoms with Gasteiger partial charge in [0.2, 0.25) is 0 Å². The molecule has 0 aromatic carbocycles. The van der Waals surface area contributed by atoms with Crippen molar-refractivity contribution in [3.8, 4) is 0 Å². The standard InChI is InChI=1S/C4H10P/c1-4(2,3)5/h5H,1-3H3. The van der Waals surface area contributed by atoms with E-state index in [4.69, 9.17) is 0 Å². The minimum absolute atomic E-state index is 0.306. The lowest BCUT2D eigenvalue weighted by atomic mass is 10.3. The van der Waals surface area contributed by atoms with Crippen molar-refractivity contribution in [3.63, 3.8) is 0 Å². The van der Waals surface area contributed by atoms with E-state index >= 15 is 0 Å². The highest BCUT2D eigenvalue weighted by Crippen LogP contribution is 2.12. The Balaban J connectivity index is 3.02. The van der Waals surface area contributed by atoms with Gasteiger partial charge in [-0.1, -0.05) is 30.0 Å². The molecule has 0 saturated heterocycles. The molecule has 0 rings (SSSR count). The average molecular weight is 89.1 g/mol. The molecule has 0 aromatic heterocycles. The Bertz CT molecular complexity index is 19.1. The van der Waals surface area contributed by atoms with E-state index in [1.54, 1.807) is 0 Å². The Labute approximate surface area is 36.2 Å². The molecule has 0 aliphatic carbocycles. The van der Waals surface area contributed by atoms with E-state index in [0.29, 0.717) is 5.16 Å². The molecule has 0 nitrogen and oxygen atoms in total. The molecule has 0 fully saturated rings. The molecule has 0 amide bonds. The topological polar surface area (TPSA) is 0 Å². The first-order chi connectivity index (χ1) is 2.00. The van der Waals surface area contributed by atoms with E-state index in [9.17, 15) is 0 Å². The van der Waals surface area contributed by atoms with E-state index in [1.807, 2.05) is 0 Å². The Hall–Kier alpha value is 0.430. The number of hydrogen-bond acceptors (Lipinski definition) is 0. The maximum absolute atomic E-state index is 3.42. The van der Waals surface area contributed by atoms with Gasteiger partial charge in [-0.25, -0.2) is 0 Å². The summed E-state index contributed by atoms with van der Waals surface area (Å²) in [6, 6.07) is 0. The van der Waals surface area contributed by atoms with Gasteiger partial charge >= 0.3 is 0 Å². The van der Waals surface area contributed by atoms with Crippen LogP contribution >= 0.6 is 9.24 Å². The number of rotatable bonds is 0. The summed E-state index contributed by atoms with van der Waals surface area (Å²) in [7, 11) is 3.42. The zero-order valence-electron chi connectivity index (χ0n) is 4.00. The third-order valence-electron chi connectivity index (χ3n) is 0. The molecule has 0 N–H and O–H groups in total. The van der Waals surface area contributed by atoms with Gasteiger partial charge in [-0.15, -0.1) is 0 Å². The molecule has 0 saturated carbocycles. The molecule has 1 radical (unpaired) electrons. The van der Waals surface area contributed by atoms with Gasteiger partial charge in [0.1, 0.15) is 0 Å². The molecular weight excluding hydrogens is 79.0 g/mol. The zero-order chi connectivity index (χ0) is 4.50. The van der Waals surface area contributed by atoms with Crippen LogP contribution in [0.3, 0.4) is 0 Å². The minimum atomic E-state index is 0.306. The second kappa shape index (κ2) is 1.26. The SMILES string of the molecule is CC(C)(C)[PH]. The summed E-state index contributed by atoms with van der Waals surface area (Å²) in [5, 5.41) is 0.306. The van der Waals surface area contributed by atoms with Crippen molar-refractivity contribution in [2.75, 3.05) is 0 Å². The van der Waals surface area contributed by atoms with Crippen molar-refractivity contribution >= 4 is 9.24 Å². The van der Waals surface area contributed by atoms with Gasteiger partial charge in [0, 0.05) is 0 Å². The van der Waals surface area contributed by atoms with Crippen molar-refractivity contribution < 1.29 is 0 Å². The van der Waals surface area contributed by atoms with Gasteiger partial charge in [-0.3, -0.25) is 0 Å². The van der Waals surface area contributed by atoms with Crippen LogP contribution in [0.15, 0.2) is 0 Å². The summed E-state index contributed by atoms with van der Waals surface area (Å²) in [5.41, 5.74) is 0. The fraction of sp³-hybridized carbons (Fsp3) is 1.00. The van der Waals surface area contributed by atoms with Gasteiger partial charge in [-0.05, 0) is 5.16 Å². The molecule has 0 aliphatic rings. The first-order valence-corrected chi connectivity index (χ1v) is 2.25. The first kappa shape index (κ1) is 5.43. The van der Waals surface area contributed by atoms with Crippen LogP contribution in [0.2, 0.25) is 0 Å². The Morgan fingerprint density at radius 1 is 1.20 bits per heavy atom. The van der Waals surface area contributed by atoms with Crippen molar-refractivity contribution in [1.29, 1.82) is 0 Å². The zero-order valence-corrected chi connectivity index (χ0v) is 5.00. The fourth-order valence-corrected chi connectivity index (χ4v) is 0. The average Bonchev–Trinajstić information content (AvgIpc) is 0.722. The summed E-state index contributed by atoms with van der Waals surface area (Å²) in [4.78, 5) is 0. The number of hydrogen-bond donors (Lipinski definition) is 0. The fourth-order valence-electron chi connectivity index (χ4n) is 0. The highest BCUT2D eigenvalue weighted by Gasteiger charge is 1.96. The molecule has 0 heterocycles. The van der Waals surface area contributed by atoms with Crippen molar-refractivity contribution in [1.82, 2.24) is 0 Å². The van der Waals surface area contributed by atoms with Crippen LogP contribution in [0.25, 0.3) is 0 Å². The van der Waals surface area contributed by atoms with E-state index in [-0.39, 0.29) is 0 Å². The minimum Gasteiger partial charge on any atom is -0.0932 e. The first-order valence-electron chi connectivity index (χ1n) is 1.75. The van der Waals surface area contributed by atoms with E-state index in [2.05, 4.69) is 30.0 Å². The van der Waals surface area contributed by atoms with E-state index < -0.39 is 0 Å². The largest absolute Gasteiger partial charge is 0.0932 e. The van der Waals surface area contributed by atoms with Crippen LogP contribution in [0.5, 0.6) is 0 Å². The molecule has 1 heteroatoms. The van der Waals surface area contributed by atoms with Crippen molar-refractivity contribution in [2.45, 2.75) is 25.9 Å². The molecule has 0 aromatic rings. The third-order valence-corrected chi connectivity index (χ3v) is 0. The van der Waals surface area contributed by atoms with Gasteiger partial charge < -0.3 is 0 Å². The van der Waals surface area contributed by atoms with Crippen LogP contribution in [0.4, 0.5) is 0 Å². The van der Waals surface area contributed by atoms with Crippen LogP contribution in [-0.4, -0.2) is 5.16 Å². The molecule has 0 unspecified atom stereocenters. The Morgan fingerprint density at radius 3 is 1.20 bits per heavy atom. The summed E-state index contributed by atoms with van der Waals surface area (Å²) in [6.45, 7) is 6.30. The summed E-state index contributed by atoms with van der Waals surface area (Å²) >= 11 is 0. The monoisotopic (exact) mass is 89.1 g/mol. The summed E-state index contributed by atoms with van der Waals surface area (Å²) in [5.74, 6) is 0.